The first kappa shape index (κ1) is 13.4. The highest BCUT2D eigenvalue weighted by Gasteiger charge is 2.30. The van der Waals surface area contributed by atoms with E-state index in [1.807, 2.05) is 30.3 Å². The quantitative estimate of drug-likeness (QED) is 0.758. The smallest absolute Gasteiger partial charge is 0.173 e. The average molecular weight is 260 g/mol. The molecule has 0 amide bonds. The van der Waals surface area contributed by atoms with Crippen LogP contribution in [0, 0.1) is 11.6 Å². The second-order valence-electron chi connectivity index (χ2n) is 4.98. The van der Waals surface area contributed by atoms with E-state index in [0.717, 1.165) is 23.8 Å². The number of Topliss-reactive ketones (excluding diaryl/α,β-unsaturated/α-hetero) is 1. The Labute approximate surface area is 110 Å². The van der Waals surface area contributed by atoms with Crippen molar-refractivity contribution in [1.82, 2.24) is 0 Å². The van der Waals surface area contributed by atoms with Gasteiger partial charge in [0.1, 0.15) is 11.6 Å². The first-order chi connectivity index (χ1) is 8.91. The third-order valence-electron chi connectivity index (χ3n) is 3.19. The van der Waals surface area contributed by atoms with Gasteiger partial charge in [0, 0.05) is 11.6 Å². The summed E-state index contributed by atoms with van der Waals surface area (Å²) in [5.74, 6) is -1.79. The van der Waals surface area contributed by atoms with Gasteiger partial charge in [0.2, 0.25) is 0 Å². The molecule has 0 aliphatic heterocycles. The predicted octanol–water partition coefficient (Wildman–Crippen LogP) is 4.13. The molecule has 19 heavy (non-hydrogen) atoms. The Bertz CT molecular complexity index is 583. The van der Waals surface area contributed by atoms with Gasteiger partial charge in [-0.25, -0.2) is 8.78 Å². The fourth-order valence-electron chi connectivity index (χ4n) is 2.03. The fraction of sp³-hybridized carbons (Fsp3) is 0.188. The van der Waals surface area contributed by atoms with Crippen molar-refractivity contribution in [2.24, 2.45) is 0 Å². The lowest BCUT2D eigenvalue weighted by Gasteiger charge is -2.23. The summed E-state index contributed by atoms with van der Waals surface area (Å²) in [7, 11) is 0. The molecule has 0 N–H and O–H groups in total. The average Bonchev–Trinajstić information content (AvgIpc) is 2.37. The van der Waals surface area contributed by atoms with Crippen molar-refractivity contribution in [1.29, 1.82) is 0 Å². The largest absolute Gasteiger partial charge is 0.293 e. The van der Waals surface area contributed by atoms with Gasteiger partial charge in [-0.15, -0.1) is 0 Å². The molecule has 0 aromatic heterocycles. The van der Waals surface area contributed by atoms with Gasteiger partial charge in [-0.1, -0.05) is 30.3 Å². The van der Waals surface area contributed by atoms with E-state index in [4.69, 9.17) is 0 Å². The zero-order valence-corrected chi connectivity index (χ0v) is 10.8. The van der Waals surface area contributed by atoms with E-state index < -0.39 is 17.0 Å². The van der Waals surface area contributed by atoms with E-state index in [1.54, 1.807) is 13.8 Å². The molecule has 0 atom stereocenters. The molecule has 3 heteroatoms. The van der Waals surface area contributed by atoms with Crippen LogP contribution in [0.15, 0.2) is 48.5 Å². The number of benzene rings is 2. The van der Waals surface area contributed by atoms with Gasteiger partial charge in [0.15, 0.2) is 5.78 Å². The summed E-state index contributed by atoms with van der Waals surface area (Å²) in [5, 5.41) is 0. The topological polar surface area (TPSA) is 17.1 Å². The zero-order chi connectivity index (χ0) is 14.0. The number of hydrogen-bond donors (Lipinski definition) is 0. The van der Waals surface area contributed by atoms with E-state index in [1.165, 1.54) is 0 Å². The molecule has 0 radical (unpaired) electrons. The van der Waals surface area contributed by atoms with Crippen LogP contribution >= 0.6 is 0 Å². The van der Waals surface area contributed by atoms with Crippen molar-refractivity contribution in [2.45, 2.75) is 19.3 Å². The van der Waals surface area contributed by atoms with Crippen LogP contribution in [0.5, 0.6) is 0 Å². The molecule has 0 aliphatic rings. The van der Waals surface area contributed by atoms with E-state index in [2.05, 4.69) is 0 Å². The van der Waals surface area contributed by atoms with Crippen LogP contribution in [0.2, 0.25) is 0 Å². The number of carbonyl (C=O) groups excluding carboxylic acids is 1. The lowest BCUT2D eigenvalue weighted by atomic mass is 9.78. The SMILES string of the molecule is CC(C)(C(=O)c1cc(F)cc(F)c1)c1ccccc1. The number of hydrogen-bond acceptors (Lipinski definition) is 1. The molecule has 98 valence electrons. The molecule has 0 aliphatic carbocycles. The normalized spacial score (nSPS) is 11.4. The minimum Gasteiger partial charge on any atom is -0.293 e. The number of halogens is 2. The van der Waals surface area contributed by atoms with Crippen LogP contribution in [0.25, 0.3) is 0 Å². The summed E-state index contributed by atoms with van der Waals surface area (Å²) in [6, 6.07) is 12.1. The molecule has 0 saturated carbocycles. The van der Waals surface area contributed by atoms with E-state index >= 15 is 0 Å². The molecule has 0 fully saturated rings. The van der Waals surface area contributed by atoms with Gasteiger partial charge in [0.25, 0.3) is 0 Å². The van der Waals surface area contributed by atoms with Crippen LogP contribution in [0.3, 0.4) is 0 Å². The number of ketones is 1. The van der Waals surface area contributed by atoms with Crippen LogP contribution in [0.4, 0.5) is 8.78 Å². The van der Waals surface area contributed by atoms with Crippen LogP contribution < -0.4 is 0 Å². The molecule has 2 aromatic carbocycles. The molecular formula is C16H14F2O. The summed E-state index contributed by atoms with van der Waals surface area (Å²) in [4.78, 5) is 12.4. The van der Waals surface area contributed by atoms with E-state index in [9.17, 15) is 13.6 Å². The van der Waals surface area contributed by atoms with Crippen LogP contribution in [-0.4, -0.2) is 5.78 Å². The molecule has 1 nitrogen and oxygen atoms in total. The summed E-state index contributed by atoms with van der Waals surface area (Å²) in [5.41, 5.74) is 0.0256. The minimum atomic E-state index is -0.832. The zero-order valence-electron chi connectivity index (χ0n) is 10.8. The van der Waals surface area contributed by atoms with Gasteiger partial charge >= 0.3 is 0 Å². The highest BCUT2D eigenvalue weighted by atomic mass is 19.1. The molecule has 0 spiro atoms. The molecule has 0 bridgehead atoms. The van der Waals surface area contributed by atoms with Crippen LogP contribution in [-0.2, 0) is 5.41 Å². The van der Waals surface area contributed by atoms with Gasteiger partial charge in [-0.05, 0) is 31.5 Å². The summed E-state index contributed by atoms with van der Waals surface area (Å²) < 4.78 is 26.4. The van der Waals surface area contributed by atoms with Gasteiger partial charge in [-0.2, -0.15) is 0 Å². The Morgan fingerprint density at radius 2 is 1.47 bits per heavy atom. The maximum atomic E-state index is 13.2. The molecule has 2 aromatic rings. The highest BCUT2D eigenvalue weighted by Crippen LogP contribution is 2.28. The minimum absolute atomic E-state index is 0.0475. The Hall–Kier alpha value is -2.03. The van der Waals surface area contributed by atoms with Crippen molar-refractivity contribution in [2.75, 3.05) is 0 Å². The first-order valence-corrected chi connectivity index (χ1v) is 5.97. The molecule has 2 rings (SSSR count). The molecule has 0 heterocycles. The van der Waals surface area contributed by atoms with Gasteiger partial charge in [-0.3, -0.25) is 4.79 Å². The predicted molar refractivity (Wildman–Crippen MR) is 70.2 cm³/mol. The van der Waals surface area contributed by atoms with Crippen molar-refractivity contribution in [3.8, 4) is 0 Å². The van der Waals surface area contributed by atoms with Gasteiger partial charge in [0.05, 0.1) is 5.41 Å². The van der Waals surface area contributed by atoms with Crippen molar-refractivity contribution in [3.05, 3.63) is 71.3 Å². The van der Waals surface area contributed by atoms with E-state index in [0.29, 0.717) is 0 Å². The lowest BCUT2D eigenvalue weighted by molar-refractivity contribution is 0.0908. The Morgan fingerprint density at radius 1 is 0.947 bits per heavy atom. The Morgan fingerprint density at radius 3 is 2.00 bits per heavy atom. The van der Waals surface area contributed by atoms with E-state index in [-0.39, 0.29) is 11.3 Å². The Kier molecular flexibility index (Phi) is 3.47. The lowest BCUT2D eigenvalue weighted by Crippen LogP contribution is -2.29. The van der Waals surface area contributed by atoms with Crippen molar-refractivity contribution >= 4 is 5.78 Å². The third kappa shape index (κ3) is 2.70. The molecule has 0 unspecified atom stereocenters. The second-order valence-corrected chi connectivity index (χ2v) is 4.98. The first-order valence-electron chi connectivity index (χ1n) is 5.97. The number of rotatable bonds is 3. The molecular weight excluding hydrogens is 246 g/mol. The highest BCUT2D eigenvalue weighted by molar-refractivity contribution is 6.03. The third-order valence-corrected chi connectivity index (χ3v) is 3.19. The standard InChI is InChI=1S/C16H14F2O/c1-16(2,12-6-4-3-5-7-12)15(19)11-8-13(17)10-14(18)9-11/h3-10H,1-2H3. The van der Waals surface area contributed by atoms with Gasteiger partial charge < -0.3 is 0 Å². The Balaban J connectivity index is 2.43. The van der Waals surface area contributed by atoms with Crippen molar-refractivity contribution in [3.63, 3.8) is 0 Å². The number of carbonyl (C=O) groups is 1. The van der Waals surface area contributed by atoms with Crippen molar-refractivity contribution < 1.29 is 13.6 Å². The maximum absolute atomic E-state index is 13.2. The molecule has 0 saturated heterocycles. The summed E-state index contributed by atoms with van der Waals surface area (Å²) >= 11 is 0. The second kappa shape index (κ2) is 4.92. The monoisotopic (exact) mass is 260 g/mol. The maximum Gasteiger partial charge on any atom is 0.173 e. The summed E-state index contributed by atoms with van der Waals surface area (Å²) in [6.45, 7) is 3.49. The summed E-state index contributed by atoms with van der Waals surface area (Å²) in [6.07, 6.45) is 0. The fourth-order valence-corrected chi connectivity index (χ4v) is 2.03. The van der Waals surface area contributed by atoms with Crippen LogP contribution in [0.1, 0.15) is 29.8 Å².